The molecule has 13 nitrogen and oxygen atoms in total. The molecular formula is C40H63N5O8. The van der Waals surface area contributed by atoms with E-state index in [2.05, 4.69) is 16.0 Å². The number of amides is 4. The minimum Gasteiger partial charge on any atom is -0.480 e. The van der Waals surface area contributed by atoms with E-state index in [1.807, 2.05) is 58.0 Å². The van der Waals surface area contributed by atoms with Crippen LogP contribution >= 0.6 is 0 Å². The second-order valence-corrected chi connectivity index (χ2v) is 15.8. The molecule has 4 rings (SSSR count). The molecule has 1 aliphatic carbocycles. The van der Waals surface area contributed by atoms with E-state index in [4.69, 9.17) is 9.47 Å². The molecule has 4 amide bonds. The van der Waals surface area contributed by atoms with Crippen molar-refractivity contribution in [2.24, 2.45) is 23.7 Å². The van der Waals surface area contributed by atoms with E-state index in [0.29, 0.717) is 31.3 Å². The Morgan fingerprint density at radius 3 is 2.25 bits per heavy atom. The number of hydrogen-bond acceptors (Lipinski definition) is 8. The first-order valence-corrected chi connectivity index (χ1v) is 19.5. The van der Waals surface area contributed by atoms with Gasteiger partial charge in [-0.1, -0.05) is 71.4 Å². The van der Waals surface area contributed by atoms with Crippen LogP contribution < -0.4 is 16.0 Å². The third-order valence-corrected chi connectivity index (χ3v) is 12.0. The number of carboxylic acids is 1. The van der Waals surface area contributed by atoms with Gasteiger partial charge >= 0.3 is 5.97 Å². The number of methoxy groups -OCH3 is 2. The maximum Gasteiger partial charge on any atom is 0.326 e. The largest absolute Gasteiger partial charge is 0.480 e. The van der Waals surface area contributed by atoms with Crippen molar-refractivity contribution in [2.75, 3.05) is 27.8 Å². The van der Waals surface area contributed by atoms with Crippen molar-refractivity contribution in [1.82, 2.24) is 25.8 Å². The van der Waals surface area contributed by atoms with Crippen LogP contribution in [0, 0.1) is 23.7 Å². The standard InChI is InChI=1S/C40H63N5O8/c1-9-24(4)35(44(6)39(49)33(23(2)3)43-38(48)34-27-17-18-28(21-27)41-34)31(52-7)22-32(46)45-19-13-16-30(45)36(53-8)25(5)37(47)42-29(40(50)51)20-26-14-11-10-12-15-26/h10-12,14-15,23-25,27-31,33-36,41H,9,13,16-22H2,1-8H3,(H,42,47)(H,43,48)(H,50,51)/t24-,25+,27-,28+,29-,30?,31+,33?,34-,35-,36+/m0/s1. The summed E-state index contributed by atoms with van der Waals surface area (Å²) in [5, 5.41) is 19.1. The molecular weight excluding hydrogens is 678 g/mol. The smallest absolute Gasteiger partial charge is 0.326 e. The Hall–Kier alpha value is -3.55. The maximum absolute atomic E-state index is 14.2. The number of fused-ring (bicyclic) bond motifs is 2. The van der Waals surface area contributed by atoms with Crippen molar-refractivity contribution in [2.45, 2.75) is 134 Å². The van der Waals surface area contributed by atoms with Crippen molar-refractivity contribution >= 4 is 29.6 Å². The van der Waals surface area contributed by atoms with Crippen LogP contribution in [0.5, 0.6) is 0 Å². The quantitative estimate of drug-likeness (QED) is 0.167. The minimum absolute atomic E-state index is 0.00255. The number of rotatable bonds is 19. The Labute approximate surface area is 315 Å². The lowest BCUT2D eigenvalue weighted by Crippen LogP contribution is -2.60. The number of likely N-dealkylation sites (N-methyl/N-ethyl adjacent to an activating group) is 1. The van der Waals surface area contributed by atoms with Crippen LogP contribution in [0.1, 0.15) is 85.1 Å². The molecule has 1 saturated carbocycles. The second kappa shape index (κ2) is 19.2. The lowest BCUT2D eigenvalue weighted by atomic mass is 9.89. The number of carbonyl (C=O) groups excluding carboxylic acids is 4. The van der Waals surface area contributed by atoms with Crippen molar-refractivity contribution in [3.8, 4) is 0 Å². The van der Waals surface area contributed by atoms with Gasteiger partial charge in [0.15, 0.2) is 0 Å². The molecule has 3 aliphatic rings. The Bertz CT molecular complexity index is 1410. The molecule has 1 aromatic rings. The molecule has 53 heavy (non-hydrogen) atoms. The number of nitrogens with one attached hydrogen (secondary N) is 3. The van der Waals surface area contributed by atoms with Gasteiger partial charge in [0.25, 0.3) is 0 Å². The molecule has 2 aliphatic heterocycles. The van der Waals surface area contributed by atoms with Gasteiger partial charge in [-0.15, -0.1) is 0 Å². The minimum atomic E-state index is -1.13. The Morgan fingerprint density at radius 1 is 1.00 bits per heavy atom. The summed E-state index contributed by atoms with van der Waals surface area (Å²) in [4.78, 5) is 70.7. The van der Waals surface area contributed by atoms with Gasteiger partial charge in [0, 0.05) is 40.3 Å². The summed E-state index contributed by atoms with van der Waals surface area (Å²) in [7, 11) is 4.78. The Balaban J connectivity index is 1.45. The van der Waals surface area contributed by atoms with Crippen LogP contribution in [0.4, 0.5) is 0 Å². The second-order valence-electron chi connectivity index (χ2n) is 15.8. The Kier molecular flexibility index (Phi) is 15.3. The average molecular weight is 742 g/mol. The summed E-state index contributed by atoms with van der Waals surface area (Å²) in [6.07, 6.45) is 3.98. The number of carbonyl (C=O) groups is 5. The van der Waals surface area contributed by atoms with E-state index in [-0.39, 0.29) is 48.4 Å². The topological polar surface area (TPSA) is 167 Å². The third-order valence-electron chi connectivity index (χ3n) is 12.0. The normalized spacial score (nSPS) is 24.9. The van der Waals surface area contributed by atoms with Crippen molar-refractivity contribution < 1.29 is 38.6 Å². The van der Waals surface area contributed by atoms with Crippen LogP contribution in [0.15, 0.2) is 30.3 Å². The lowest BCUT2D eigenvalue weighted by Gasteiger charge is -2.41. The number of ether oxygens (including phenoxy) is 2. The molecule has 13 heteroatoms. The summed E-state index contributed by atoms with van der Waals surface area (Å²) in [6, 6.07) is 6.47. The van der Waals surface area contributed by atoms with Crippen LogP contribution in [0.2, 0.25) is 0 Å². The highest BCUT2D eigenvalue weighted by atomic mass is 16.5. The van der Waals surface area contributed by atoms with E-state index in [1.165, 1.54) is 7.11 Å². The highest BCUT2D eigenvalue weighted by Gasteiger charge is 2.46. The summed E-state index contributed by atoms with van der Waals surface area (Å²) >= 11 is 0. The first-order valence-electron chi connectivity index (χ1n) is 19.5. The zero-order valence-corrected chi connectivity index (χ0v) is 32.9. The fourth-order valence-electron chi connectivity index (χ4n) is 8.79. The van der Waals surface area contributed by atoms with Gasteiger partial charge in [0.2, 0.25) is 23.6 Å². The van der Waals surface area contributed by atoms with E-state index >= 15 is 0 Å². The van der Waals surface area contributed by atoms with Crippen LogP contribution in [0.3, 0.4) is 0 Å². The van der Waals surface area contributed by atoms with Gasteiger partial charge in [-0.3, -0.25) is 19.2 Å². The van der Waals surface area contributed by atoms with Gasteiger partial charge in [-0.2, -0.15) is 0 Å². The molecule has 0 aromatic heterocycles. The first kappa shape index (κ1) is 42.2. The zero-order chi connectivity index (χ0) is 39.0. The molecule has 2 saturated heterocycles. The fourth-order valence-corrected chi connectivity index (χ4v) is 8.79. The van der Waals surface area contributed by atoms with Gasteiger partial charge in [-0.25, -0.2) is 4.79 Å². The van der Waals surface area contributed by atoms with Gasteiger partial charge < -0.3 is 40.3 Å². The highest BCUT2D eigenvalue weighted by Crippen LogP contribution is 2.35. The van der Waals surface area contributed by atoms with Crippen LogP contribution in [0.25, 0.3) is 0 Å². The molecule has 2 unspecified atom stereocenters. The highest BCUT2D eigenvalue weighted by molar-refractivity contribution is 5.90. The SMILES string of the molecule is CC[C@H](C)[C@@H]([C@@H](CC(=O)N1CCCC1[C@H](OC)[C@@H](C)C(=O)N[C@@H](Cc1ccccc1)C(=O)O)OC)N(C)C(=O)C(NC(=O)[C@H]1N[C@@H]2CC[C@H]1C2)C(C)C. The molecule has 1 aromatic carbocycles. The number of benzene rings is 1. The average Bonchev–Trinajstić information content (AvgIpc) is 3.92. The summed E-state index contributed by atoms with van der Waals surface area (Å²) in [5.74, 6) is -2.77. The third kappa shape index (κ3) is 10.2. The fraction of sp³-hybridized carbons (Fsp3) is 0.725. The maximum atomic E-state index is 14.2. The first-order chi connectivity index (χ1) is 25.2. The van der Waals surface area contributed by atoms with Crippen molar-refractivity contribution in [3.63, 3.8) is 0 Å². The predicted molar refractivity (Wildman–Crippen MR) is 201 cm³/mol. The van der Waals surface area contributed by atoms with E-state index in [1.54, 1.807) is 30.9 Å². The molecule has 296 valence electrons. The van der Waals surface area contributed by atoms with E-state index in [9.17, 15) is 29.1 Å². The molecule has 4 N–H and O–H groups in total. The predicted octanol–water partition coefficient (Wildman–Crippen LogP) is 3.00. The molecule has 2 heterocycles. The molecule has 0 spiro atoms. The van der Waals surface area contributed by atoms with Crippen LogP contribution in [-0.4, -0.2) is 121 Å². The molecule has 2 bridgehead atoms. The van der Waals surface area contributed by atoms with Crippen molar-refractivity contribution in [1.29, 1.82) is 0 Å². The number of aliphatic carboxylic acids is 1. The van der Waals surface area contributed by atoms with Gasteiger partial charge in [0.05, 0.1) is 42.7 Å². The zero-order valence-electron chi connectivity index (χ0n) is 32.9. The number of nitrogens with zero attached hydrogens (tertiary/aromatic N) is 2. The molecule has 11 atom stereocenters. The molecule has 0 radical (unpaired) electrons. The summed E-state index contributed by atoms with van der Waals surface area (Å²) < 4.78 is 11.9. The number of likely N-dealkylation sites (tertiary alicyclic amines) is 1. The number of piperidine rings is 1. The lowest BCUT2D eigenvalue weighted by molar-refractivity contribution is -0.148. The molecule has 3 fully saturated rings. The van der Waals surface area contributed by atoms with Gasteiger partial charge in [-0.05, 0) is 55.4 Å². The van der Waals surface area contributed by atoms with Crippen molar-refractivity contribution in [3.05, 3.63) is 35.9 Å². The Morgan fingerprint density at radius 2 is 1.70 bits per heavy atom. The monoisotopic (exact) mass is 741 g/mol. The summed E-state index contributed by atoms with van der Waals surface area (Å²) in [5.41, 5.74) is 0.789. The van der Waals surface area contributed by atoms with Crippen LogP contribution in [-0.2, 0) is 39.9 Å². The summed E-state index contributed by atoms with van der Waals surface area (Å²) in [6.45, 7) is 10.1. The number of carboxylic acid groups (broad SMARTS) is 1. The van der Waals surface area contributed by atoms with E-state index in [0.717, 1.165) is 31.2 Å². The van der Waals surface area contributed by atoms with E-state index < -0.39 is 54.2 Å². The van der Waals surface area contributed by atoms with Gasteiger partial charge in [0.1, 0.15) is 12.1 Å². The number of hydrogen-bond donors (Lipinski definition) is 4.